The van der Waals surface area contributed by atoms with Crippen LogP contribution in [0.4, 0.5) is 0 Å². The summed E-state index contributed by atoms with van der Waals surface area (Å²) in [4.78, 5) is 0. The topological polar surface area (TPSA) is 3.88 Å². The van der Waals surface area contributed by atoms with Gasteiger partial charge in [0.1, 0.15) is 0 Å². The second-order valence-electron chi connectivity index (χ2n) is 8.38. The van der Waals surface area contributed by atoms with Gasteiger partial charge in [-0.05, 0) is 30.9 Å². The summed E-state index contributed by atoms with van der Waals surface area (Å²) in [6.07, 6.45) is 22.2. The van der Waals surface area contributed by atoms with Crippen LogP contribution in [0, 0.1) is 0 Å². The van der Waals surface area contributed by atoms with Gasteiger partial charge in [0.05, 0.1) is 0 Å². The third-order valence-corrected chi connectivity index (χ3v) is 5.67. The quantitative estimate of drug-likeness (QED) is 0.223. The molecule has 0 amide bonds. The standard InChI is InChI=1S/C27H42N/c1-3-5-6-7-8-9-10-11-12-13-16-25-18-20-27(21-19-25)24-28-22-14-17-26(23-28)15-4-2/h14,17-23H,3-13,15-16,24H2,1-2H3/q+1. The molecular weight excluding hydrogens is 338 g/mol. The molecule has 2 rings (SSSR count). The van der Waals surface area contributed by atoms with E-state index in [1.165, 1.54) is 100 Å². The van der Waals surface area contributed by atoms with Gasteiger partial charge in [0.25, 0.3) is 0 Å². The summed E-state index contributed by atoms with van der Waals surface area (Å²) in [6.45, 7) is 5.50. The molecule has 0 N–H and O–H groups in total. The van der Waals surface area contributed by atoms with Crippen molar-refractivity contribution in [1.29, 1.82) is 0 Å². The first kappa shape index (κ1) is 22.7. The van der Waals surface area contributed by atoms with Gasteiger partial charge in [0.15, 0.2) is 18.9 Å². The van der Waals surface area contributed by atoms with Crippen LogP contribution in [-0.4, -0.2) is 0 Å². The average Bonchev–Trinajstić information content (AvgIpc) is 2.71. The Bertz CT molecular complexity index is 629. The van der Waals surface area contributed by atoms with E-state index in [0.29, 0.717) is 0 Å². The summed E-state index contributed by atoms with van der Waals surface area (Å²) in [5.41, 5.74) is 4.32. The largest absolute Gasteiger partial charge is 0.201 e. The van der Waals surface area contributed by atoms with Gasteiger partial charge in [-0.3, -0.25) is 0 Å². The fourth-order valence-electron chi connectivity index (χ4n) is 3.95. The van der Waals surface area contributed by atoms with Gasteiger partial charge in [-0.1, -0.05) is 102 Å². The van der Waals surface area contributed by atoms with Crippen molar-refractivity contribution in [3.05, 3.63) is 65.5 Å². The maximum Gasteiger partial charge on any atom is 0.173 e. The summed E-state index contributed by atoms with van der Waals surface area (Å²) in [5, 5.41) is 0. The normalized spacial score (nSPS) is 11.1. The second-order valence-corrected chi connectivity index (χ2v) is 8.38. The van der Waals surface area contributed by atoms with Crippen molar-refractivity contribution >= 4 is 0 Å². The van der Waals surface area contributed by atoms with Crippen molar-refractivity contribution in [2.45, 2.75) is 104 Å². The minimum absolute atomic E-state index is 0.968. The number of benzene rings is 1. The molecule has 0 unspecified atom stereocenters. The highest BCUT2D eigenvalue weighted by Crippen LogP contribution is 2.13. The first-order valence-corrected chi connectivity index (χ1v) is 11.9. The molecule has 1 heteroatoms. The maximum atomic E-state index is 2.33. The van der Waals surface area contributed by atoms with Gasteiger partial charge in [0, 0.05) is 17.2 Å². The van der Waals surface area contributed by atoms with Crippen LogP contribution in [0.1, 0.15) is 101 Å². The van der Waals surface area contributed by atoms with E-state index in [4.69, 9.17) is 0 Å². The van der Waals surface area contributed by atoms with Crippen LogP contribution in [0.15, 0.2) is 48.8 Å². The van der Waals surface area contributed by atoms with E-state index in [1.807, 2.05) is 0 Å². The molecule has 0 spiro atoms. The lowest BCUT2D eigenvalue weighted by molar-refractivity contribution is -0.688. The number of hydrogen-bond acceptors (Lipinski definition) is 0. The Kier molecular flexibility index (Phi) is 11.6. The maximum absolute atomic E-state index is 2.33. The minimum atomic E-state index is 0.968. The van der Waals surface area contributed by atoms with Crippen LogP contribution in [-0.2, 0) is 19.4 Å². The Hall–Kier alpha value is -1.63. The predicted molar refractivity (Wildman–Crippen MR) is 122 cm³/mol. The summed E-state index contributed by atoms with van der Waals surface area (Å²) in [5.74, 6) is 0. The van der Waals surface area contributed by atoms with Crippen molar-refractivity contribution in [3.8, 4) is 0 Å². The highest BCUT2D eigenvalue weighted by Gasteiger charge is 2.04. The van der Waals surface area contributed by atoms with Crippen molar-refractivity contribution < 1.29 is 4.57 Å². The van der Waals surface area contributed by atoms with E-state index in [9.17, 15) is 0 Å². The summed E-state index contributed by atoms with van der Waals surface area (Å²) < 4.78 is 2.31. The van der Waals surface area contributed by atoms with Crippen molar-refractivity contribution in [3.63, 3.8) is 0 Å². The smallest absolute Gasteiger partial charge is 0.173 e. The Labute approximate surface area is 174 Å². The summed E-state index contributed by atoms with van der Waals surface area (Å²) in [7, 11) is 0. The number of pyridine rings is 1. The van der Waals surface area contributed by atoms with Crippen LogP contribution < -0.4 is 4.57 Å². The molecule has 0 saturated heterocycles. The fraction of sp³-hybridized carbons (Fsp3) is 0.593. The molecule has 0 aliphatic heterocycles. The molecule has 1 aromatic heterocycles. The van der Waals surface area contributed by atoms with Gasteiger partial charge in [-0.2, -0.15) is 0 Å². The summed E-state index contributed by atoms with van der Waals surface area (Å²) >= 11 is 0. The zero-order valence-electron chi connectivity index (χ0n) is 18.5. The molecule has 1 aromatic carbocycles. The lowest BCUT2D eigenvalue weighted by atomic mass is 10.0. The first-order chi connectivity index (χ1) is 13.8. The Morgan fingerprint density at radius 3 is 1.82 bits per heavy atom. The van der Waals surface area contributed by atoms with E-state index in [1.54, 1.807) is 0 Å². The number of unbranched alkanes of at least 4 members (excludes halogenated alkanes) is 9. The van der Waals surface area contributed by atoms with Gasteiger partial charge in [0.2, 0.25) is 0 Å². The number of rotatable bonds is 15. The van der Waals surface area contributed by atoms with Crippen molar-refractivity contribution in [2.24, 2.45) is 0 Å². The van der Waals surface area contributed by atoms with Gasteiger partial charge >= 0.3 is 0 Å². The molecule has 0 bridgehead atoms. The molecule has 154 valence electrons. The lowest BCUT2D eigenvalue weighted by Crippen LogP contribution is -2.33. The van der Waals surface area contributed by atoms with Crippen LogP contribution in [0.3, 0.4) is 0 Å². The number of hydrogen-bond donors (Lipinski definition) is 0. The van der Waals surface area contributed by atoms with Crippen molar-refractivity contribution in [1.82, 2.24) is 0 Å². The highest BCUT2D eigenvalue weighted by molar-refractivity contribution is 5.22. The lowest BCUT2D eigenvalue weighted by Gasteiger charge is -2.05. The van der Waals surface area contributed by atoms with Gasteiger partial charge in [-0.25, -0.2) is 4.57 Å². The molecule has 0 atom stereocenters. The molecular formula is C27H42N+. The van der Waals surface area contributed by atoms with E-state index >= 15 is 0 Å². The molecule has 0 fully saturated rings. The van der Waals surface area contributed by atoms with Crippen LogP contribution in [0.2, 0.25) is 0 Å². The van der Waals surface area contributed by atoms with E-state index in [-0.39, 0.29) is 0 Å². The first-order valence-electron chi connectivity index (χ1n) is 11.9. The van der Waals surface area contributed by atoms with E-state index in [0.717, 1.165) is 6.54 Å². The average molecular weight is 381 g/mol. The molecule has 28 heavy (non-hydrogen) atoms. The number of aromatic nitrogens is 1. The summed E-state index contributed by atoms with van der Waals surface area (Å²) in [6, 6.07) is 13.7. The van der Waals surface area contributed by atoms with Gasteiger partial charge in [-0.15, -0.1) is 0 Å². The Morgan fingerprint density at radius 1 is 0.571 bits per heavy atom. The fourth-order valence-corrected chi connectivity index (χ4v) is 3.95. The Morgan fingerprint density at radius 2 is 1.18 bits per heavy atom. The van der Waals surface area contributed by atoms with Crippen LogP contribution in [0.25, 0.3) is 0 Å². The molecule has 2 aromatic rings. The van der Waals surface area contributed by atoms with Crippen LogP contribution in [0.5, 0.6) is 0 Å². The molecule has 1 nitrogen and oxygen atoms in total. The third kappa shape index (κ3) is 9.53. The molecule has 0 saturated carbocycles. The van der Waals surface area contributed by atoms with Crippen LogP contribution >= 0.6 is 0 Å². The number of nitrogens with zero attached hydrogens (tertiary/aromatic N) is 1. The van der Waals surface area contributed by atoms with E-state index < -0.39 is 0 Å². The number of aryl methyl sites for hydroxylation is 2. The zero-order chi connectivity index (χ0) is 19.9. The SMILES string of the molecule is CCCCCCCCCCCCc1ccc(C[n+]2cccc(CCC)c2)cc1. The third-order valence-electron chi connectivity index (χ3n) is 5.67. The molecule has 0 radical (unpaired) electrons. The van der Waals surface area contributed by atoms with Gasteiger partial charge < -0.3 is 0 Å². The molecule has 0 aliphatic rings. The Balaban J connectivity index is 1.60. The zero-order valence-corrected chi connectivity index (χ0v) is 18.5. The van der Waals surface area contributed by atoms with Crippen molar-refractivity contribution in [2.75, 3.05) is 0 Å². The second kappa shape index (κ2) is 14.4. The minimum Gasteiger partial charge on any atom is -0.201 e. The predicted octanol–water partition coefficient (Wildman–Crippen LogP) is 7.44. The highest BCUT2D eigenvalue weighted by atomic mass is 14.9. The molecule has 0 aliphatic carbocycles. The molecule has 1 heterocycles. The monoisotopic (exact) mass is 380 g/mol. The van der Waals surface area contributed by atoms with E-state index in [2.05, 4.69) is 67.2 Å².